The van der Waals surface area contributed by atoms with E-state index in [0.29, 0.717) is 10.8 Å². The van der Waals surface area contributed by atoms with E-state index in [2.05, 4.69) is 19.6 Å². The molecule has 3 rings (SSSR count). The number of sulfone groups is 1. The number of ether oxygens (including phenoxy) is 1. The number of rotatable bonds is 6. The Kier molecular flexibility index (Phi) is 5.38. The van der Waals surface area contributed by atoms with Gasteiger partial charge in [-0.1, -0.05) is 39.0 Å². The highest BCUT2D eigenvalue weighted by molar-refractivity contribution is 7.91. The molecule has 27 heavy (non-hydrogen) atoms. The fourth-order valence-electron chi connectivity index (χ4n) is 4.98. The molecule has 3 atom stereocenters. The Morgan fingerprint density at radius 3 is 2.63 bits per heavy atom. The van der Waals surface area contributed by atoms with Crippen LogP contribution in [0.1, 0.15) is 46.5 Å². The molecule has 0 aliphatic heterocycles. The van der Waals surface area contributed by atoms with Crippen LogP contribution in [0.4, 0.5) is 0 Å². The summed E-state index contributed by atoms with van der Waals surface area (Å²) in [6, 6.07) is 8.57. The van der Waals surface area contributed by atoms with Crippen LogP contribution in [0, 0.1) is 16.7 Å². The van der Waals surface area contributed by atoms with E-state index in [-0.39, 0.29) is 17.3 Å². The molecule has 2 fully saturated rings. The number of benzene rings is 1. The van der Waals surface area contributed by atoms with Gasteiger partial charge in [-0.2, -0.15) is 0 Å². The molecule has 2 aliphatic carbocycles. The van der Waals surface area contributed by atoms with E-state index in [9.17, 15) is 13.2 Å². The van der Waals surface area contributed by atoms with Gasteiger partial charge in [0.05, 0.1) is 16.7 Å². The van der Waals surface area contributed by atoms with E-state index in [1.54, 1.807) is 30.3 Å². The van der Waals surface area contributed by atoms with Gasteiger partial charge in [-0.25, -0.2) is 13.2 Å². The first-order chi connectivity index (χ1) is 12.7. The number of hydrogen-bond acceptors (Lipinski definition) is 4. The molecule has 0 heterocycles. The van der Waals surface area contributed by atoms with Crippen LogP contribution in [-0.2, 0) is 19.4 Å². The van der Waals surface area contributed by atoms with Crippen LogP contribution in [0.2, 0.25) is 0 Å². The lowest BCUT2D eigenvalue weighted by Gasteiger charge is -2.41. The molecule has 0 unspecified atom stereocenters. The summed E-state index contributed by atoms with van der Waals surface area (Å²) >= 11 is 0. The Morgan fingerprint density at radius 1 is 1.30 bits per heavy atom. The summed E-state index contributed by atoms with van der Waals surface area (Å²) in [6.45, 7) is 6.23. The van der Waals surface area contributed by atoms with Gasteiger partial charge in [0.25, 0.3) is 0 Å². The van der Waals surface area contributed by atoms with Crippen LogP contribution in [-0.4, -0.2) is 26.2 Å². The molecule has 1 aromatic carbocycles. The molecule has 0 radical (unpaired) electrons. The standard InChI is InChI=1S/C22H28O4S/c1-4-5-7-12-20(23)26-19-15-17-13-14-22(19,21(17,2)3)16-27(24,25)18-10-8-6-9-11-18/h5-6,8-12,17,19H,4,13-16H2,1-3H3/t7?,17-,19-,22-/m1/s1. The van der Waals surface area contributed by atoms with Crippen LogP contribution in [0.15, 0.2) is 53.1 Å². The van der Waals surface area contributed by atoms with Gasteiger partial charge in [0.2, 0.25) is 0 Å². The molecule has 0 spiro atoms. The van der Waals surface area contributed by atoms with E-state index < -0.39 is 21.2 Å². The normalized spacial score (nSPS) is 28.4. The molecule has 0 aromatic heterocycles. The zero-order valence-corrected chi connectivity index (χ0v) is 17.1. The molecule has 0 amide bonds. The maximum absolute atomic E-state index is 13.1. The number of carbonyl (C=O) groups excluding carboxylic acids is 1. The van der Waals surface area contributed by atoms with Crippen LogP contribution >= 0.6 is 0 Å². The largest absolute Gasteiger partial charge is 0.458 e. The maximum atomic E-state index is 13.1. The second kappa shape index (κ2) is 7.29. The lowest BCUT2D eigenvalue weighted by Crippen LogP contribution is -2.46. The lowest BCUT2D eigenvalue weighted by atomic mass is 9.69. The molecule has 4 nitrogen and oxygen atoms in total. The summed E-state index contributed by atoms with van der Waals surface area (Å²) < 4.78 is 32.0. The average molecular weight is 389 g/mol. The summed E-state index contributed by atoms with van der Waals surface area (Å²) in [6.07, 6.45) is 5.97. The van der Waals surface area contributed by atoms with Gasteiger partial charge in [0.1, 0.15) is 6.10 Å². The van der Waals surface area contributed by atoms with Crippen molar-refractivity contribution in [3.05, 3.63) is 48.2 Å². The number of esters is 1. The SMILES string of the molecule is CCC=C=CC(=O)O[C@@H]1C[C@H]2CC[C@]1(CS(=O)(=O)c1ccccc1)C2(C)C. The van der Waals surface area contributed by atoms with E-state index in [1.165, 1.54) is 6.08 Å². The van der Waals surface area contributed by atoms with Gasteiger partial charge in [-0.15, -0.1) is 5.73 Å². The number of fused-ring (bicyclic) bond motifs is 2. The fraction of sp³-hybridized carbons (Fsp3) is 0.545. The van der Waals surface area contributed by atoms with Crippen LogP contribution in [0.25, 0.3) is 0 Å². The van der Waals surface area contributed by atoms with Crippen LogP contribution in [0.5, 0.6) is 0 Å². The minimum Gasteiger partial charge on any atom is -0.458 e. The van der Waals surface area contributed by atoms with Crippen molar-refractivity contribution in [2.75, 3.05) is 5.75 Å². The Balaban J connectivity index is 1.90. The smallest absolute Gasteiger partial charge is 0.338 e. The molecular weight excluding hydrogens is 360 g/mol. The number of hydrogen-bond donors (Lipinski definition) is 0. The van der Waals surface area contributed by atoms with Crippen molar-refractivity contribution >= 4 is 15.8 Å². The third-order valence-electron chi connectivity index (χ3n) is 6.69. The fourth-order valence-corrected chi connectivity index (χ4v) is 7.09. The van der Waals surface area contributed by atoms with Gasteiger partial charge in [-0.3, -0.25) is 0 Å². The van der Waals surface area contributed by atoms with E-state index in [1.807, 2.05) is 13.0 Å². The molecule has 2 aliphatic rings. The van der Waals surface area contributed by atoms with E-state index in [4.69, 9.17) is 4.74 Å². The predicted octanol–water partition coefficient (Wildman–Crippen LogP) is 4.32. The lowest BCUT2D eigenvalue weighted by molar-refractivity contribution is -0.150. The van der Waals surface area contributed by atoms with Crippen LogP contribution in [0.3, 0.4) is 0 Å². The Morgan fingerprint density at radius 2 is 2.00 bits per heavy atom. The van der Waals surface area contributed by atoms with Crippen molar-refractivity contribution in [1.82, 2.24) is 0 Å². The van der Waals surface area contributed by atoms with Gasteiger partial charge < -0.3 is 4.74 Å². The Bertz CT molecular complexity index is 863. The molecule has 5 heteroatoms. The van der Waals surface area contributed by atoms with Gasteiger partial charge in [0.15, 0.2) is 9.84 Å². The number of carbonyl (C=O) groups is 1. The van der Waals surface area contributed by atoms with Crippen molar-refractivity contribution < 1.29 is 17.9 Å². The Hall–Kier alpha value is -1.84. The highest BCUT2D eigenvalue weighted by atomic mass is 32.2. The van der Waals surface area contributed by atoms with Gasteiger partial charge in [-0.05, 0) is 55.2 Å². The summed E-state index contributed by atoms with van der Waals surface area (Å²) in [7, 11) is -3.47. The second-order valence-electron chi connectivity index (χ2n) is 8.27. The second-order valence-corrected chi connectivity index (χ2v) is 10.3. The summed E-state index contributed by atoms with van der Waals surface area (Å²) in [5.41, 5.74) is 2.07. The predicted molar refractivity (Wildman–Crippen MR) is 105 cm³/mol. The zero-order valence-electron chi connectivity index (χ0n) is 16.3. The molecule has 146 valence electrons. The van der Waals surface area contributed by atoms with E-state index >= 15 is 0 Å². The first kappa shape index (κ1) is 19.9. The molecule has 0 N–H and O–H groups in total. The van der Waals surface area contributed by atoms with Crippen molar-refractivity contribution in [2.45, 2.75) is 57.5 Å². The van der Waals surface area contributed by atoms with Crippen molar-refractivity contribution in [3.8, 4) is 0 Å². The summed E-state index contributed by atoms with van der Waals surface area (Å²) in [5.74, 6) is -0.0547. The van der Waals surface area contributed by atoms with Crippen molar-refractivity contribution in [2.24, 2.45) is 16.7 Å². The maximum Gasteiger partial charge on any atom is 0.338 e. The topological polar surface area (TPSA) is 60.4 Å². The third-order valence-corrected chi connectivity index (χ3v) is 8.57. The highest BCUT2D eigenvalue weighted by Crippen LogP contribution is 2.67. The first-order valence-corrected chi connectivity index (χ1v) is 11.3. The van der Waals surface area contributed by atoms with Gasteiger partial charge >= 0.3 is 5.97 Å². The van der Waals surface area contributed by atoms with Crippen LogP contribution < -0.4 is 0 Å². The summed E-state index contributed by atoms with van der Waals surface area (Å²) in [5, 5.41) is 0. The Labute approximate surface area is 162 Å². The zero-order chi connectivity index (χ0) is 19.7. The quantitative estimate of drug-likeness (QED) is 0.414. The molecule has 1 aromatic rings. The van der Waals surface area contributed by atoms with Crippen molar-refractivity contribution in [1.29, 1.82) is 0 Å². The average Bonchev–Trinajstić information content (AvgIpc) is 2.97. The molecular formula is C22H28O4S. The first-order valence-electron chi connectivity index (χ1n) is 9.62. The third kappa shape index (κ3) is 3.51. The highest BCUT2D eigenvalue weighted by Gasteiger charge is 2.66. The molecule has 2 saturated carbocycles. The van der Waals surface area contributed by atoms with Crippen molar-refractivity contribution in [3.63, 3.8) is 0 Å². The minimum absolute atomic E-state index is 0.0139. The molecule has 0 saturated heterocycles. The monoisotopic (exact) mass is 388 g/mol. The summed E-state index contributed by atoms with van der Waals surface area (Å²) in [4.78, 5) is 12.6. The minimum atomic E-state index is -3.47. The van der Waals surface area contributed by atoms with E-state index in [0.717, 1.165) is 25.7 Å². The van der Waals surface area contributed by atoms with Gasteiger partial charge in [0, 0.05) is 5.41 Å². The molecule has 2 bridgehead atoms.